The van der Waals surface area contributed by atoms with Gasteiger partial charge in [-0.1, -0.05) is 12.8 Å². The number of benzene rings is 1. The first kappa shape index (κ1) is 13.4. The number of hydrogen-bond acceptors (Lipinski definition) is 2. The minimum Gasteiger partial charge on any atom is -0.384 e. The smallest absolute Gasteiger partial charge is 0.126 e. The summed E-state index contributed by atoms with van der Waals surface area (Å²) in [5, 5.41) is 13.9. The summed E-state index contributed by atoms with van der Waals surface area (Å²) in [6, 6.07) is 3.06. The molecule has 0 spiro atoms. The summed E-state index contributed by atoms with van der Waals surface area (Å²) in [5.74, 6) is -1.31. The van der Waals surface area contributed by atoms with E-state index in [4.69, 9.17) is 0 Å². The molecule has 0 aliphatic carbocycles. The van der Waals surface area contributed by atoms with Crippen molar-refractivity contribution >= 4 is 0 Å². The summed E-state index contributed by atoms with van der Waals surface area (Å²) in [6.45, 7) is 2.45. The second-order valence-electron chi connectivity index (χ2n) is 5.16. The van der Waals surface area contributed by atoms with Gasteiger partial charge < -0.3 is 10.4 Å². The molecule has 1 fully saturated rings. The Kier molecular flexibility index (Phi) is 3.97. The third-order valence-electron chi connectivity index (χ3n) is 3.69. The van der Waals surface area contributed by atoms with Crippen LogP contribution in [0.15, 0.2) is 18.2 Å². The van der Waals surface area contributed by atoms with E-state index in [1.165, 1.54) is 12.1 Å². The van der Waals surface area contributed by atoms with Crippen LogP contribution in [0, 0.1) is 11.6 Å². The van der Waals surface area contributed by atoms with Gasteiger partial charge in [0.05, 0.1) is 0 Å². The van der Waals surface area contributed by atoms with Gasteiger partial charge in [-0.2, -0.15) is 0 Å². The highest BCUT2D eigenvalue weighted by molar-refractivity contribution is 5.25. The Bertz CT molecular complexity index is 392. The molecule has 1 aromatic rings. The molecule has 1 saturated heterocycles. The minimum absolute atomic E-state index is 0.166. The molecule has 100 valence electrons. The molecule has 0 amide bonds. The van der Waals surface area contributed by atoms with Crippen LogP contribution in [0.3, 0.4) is 0 Å². The van der Waals surface area contributed by atoms with E-state index in [1.807, 2.05) is 0 Å². The lowest BCUT2D eigenvalue weighted by molar-refractivity contribution is 0.0130. The van der Waals surface area contributed by atoms with Crippen molar-refractivity contribution in [3.8, 4) is 0 Å². The third-order valence-corrected chi connectivity index (χ3v) is 3.69. The Hall–Kier alpha value is -1.00. The summed E-state index contributed by atoms with van der Waals surface area (Å²) in [5.41, 5.74) is -0.966. The summed E-state index contributed by atoms with van der Waals surface area (Å²) in [7, 11) is 0. The van der Waals surface area contributed by atoms with Crippen LogP contribution in [0.5, 0.6) is 0 Å². The number of aliphatic hydroxyl groups is 1. The Morgan fingerprint density at radius 1 is 1.17 bits per heavy atom. The molecule has 2 N–H and O–H groups in total. The molecule has 4 heteroatoms. The number of hydrogen-bond donors (Lipinski definition) is 2. The van der Waals surface area contributed by atoms with Gasteiger partial charge in [0.15, 0.2) is 0 Å². The molecule has 2 unspecified atom stereocenters. The maximum Gasteiger partial charge on any atom is 0.126 e. The molecule has 1 aromatic carbocycles. The van der Waals surface area contributed by atoms with Crippen molar-refractivity contribution in [2.75, 3.05) is 6.54 Å². The highest BCUT2D eigenvalue weighted by Gasteiger charge is 2.34. The maximum absolute atomic E-state index is 13.2. The first-order chi connectivity index (χ1) is 8.50. The highest BCUT2D eigenvalue weighted by atomic mass is 19.1. The van der Waals surface area contributed by atoms with Crippen LogP contribution in [0.4, 0.5) is 8.78 Å². The zero-order valence-corrected chi connectivity index (χ0v) is 10.5. The van der Waals surface area contributed by atoms with Crippen molar-refractivity contribution in [2.45, 2.75) is 44.2 Å². The first-order valence-electron chi connectivity index (χ1n) is 6.42. The molecule has 18 heavy (non-hydrogen) atoms. The highest BCUT2D eigenvalue weighted by Crippen LogP contribution is 2.30. The van der Waals surface area contributed by atoms with Crippen LogP contribution >= 0.6 is 0 Å². The van der Waals surface area contributed by atoms with E-state index in [0.29, 0.717) is 5.56 Å². The summed E-state index contributed by atoms with van der Waals surface area (Å²) in [4.78, 5) is 0. The lowest BCUT2D eigenvalue weighted by Crippen LogP contribution is -2.46. The summed E-state index contributed by atoms with van der Waals surface area (Å²) < 4.78 is 26.5. The van der Waals surface area contributed by atoms with E-state index < -0.39 is 17.2 Å². The number of rotatable bonds is 2. The van der Waals surface area contributed by atoms with Gasteiger partial charge in [-0.25, -0.2) is 8.78 Å². The van der Waals surface area contributed by atoms with Gasteiger partial charge in [0.25, 0.3) is 0 Å². The van der Waals surface area contributed by atoms with Crippen molar-refractivity contribution in [3.63, 3.8) is 0 Å². The SMILES string of the molecule is CC(O)(c1cc(F)cc(F)c1)C1CCCCCN1. The fraction of sp³-hybridized carbons (Fsp3) is 0.571. The van der Waals surface area contributed by atoms with E-state index in [-0.39, 0.29) is 6.04 Å². The van der Waals surface area contributed by atoms with E-state index >= 15 is 0 Å². The third kappa shape index (κ3) is 2.87. The molecule has 1 aliphatic rings. The van der Waals surface area contributed by atoms with Crippen LogP contribution in [0.2, 0.25) is 0 Å². The second kappa shape index (κ2) is 5.33. The second-order valence-corrected chi connectivity index (χ2v) is 5.16. The fourth-order valence-corrected chi connectivity index (χ4v) is 2.56. The lowest BCUT2D eigenvalue weighted by Gasteiger charge is -2.33. The van der Waals surface area contributed by atoms with Crippen LogP contribution in [0.25, 0.3) is 0 Å². The molecule has 0 bridgehead atoms. The monoisotopic (exact) mass is 255 g/mol. The van der Waals surface area contributed by atoms with Gasteiger partial charge in [-0.15, -0.1) is 0 Å². The average Bonchev–Trinajstić information content (AvgIpc) is 2.56. The van der Waals surface area contributed by atoms with Crippen molar-refractivity contribution in [2.24, 2.45) is 0 Å². The first-order valence-corrected chi connectivity index (χ1v) is 6.42. The fourth-order valence-electron chi connectivity index (χ4n) is 2.56. The van der Waals surface area contributed by atoms with Gasteiger partial charge in [0.2, 0.25) is 0 Å². The van der Waals surface area contributed by atoms with Gasteiger partial charge in [-0.3, -0.25) is 0 Å². The normalized spacial score (nSPS) is 24.3. The van der Waals surface area contributed by atoms with Crippen molar-refractivity contribution in [1.29, 1.82) is 0 Å². The van der Waals surface area contributed by atoms with Crippen LogP contribution in [-0.2, 0) is 5.60 Å². The quantitative estimate of drug-likeness (QED) is 0.851. The molecule has 0 saturated carbocycles. The Labute approximate surface area is 106 Å². The van der Waals surface area contributed by atoms with Crippen LogP contribution in [-0.4, -0.2) is 17.7 Å². The standard InChI is InChI=1S/C14H19F2NO/c1-14(18,13-5-3-2-4-6-17-13)10-7-11(15)9-12(16)8-10/h7-9,13,17-18H,2-6H2,1H3. The van der Waals surface area contributed by atoms with Gasteiger partial charge in [0, 0.05) is 12.1 Å². The molecule has 1 heterocycles. The molecule has 2 rings (SSSR count). The summed E-state index contributed by atoms with van der Waals surface area (Å²) >= 11 is 0. The van der Waals surface area contributed by atoms with E-state index in [2.05, 4.69) is 5.32 Å². The van der Waals surface area contributed by atoms with E-state index in [0.717, 1.165) is 38.3 Å². The zero-order chi connectivity index (χ0) is 13.2. The molecule has 2 nitrogen and oxygen atoms in total. The van der Waals surface area contributed by atoms with Crippen molar-refractivity contribution in [1.82, 2.24) is 5.32 Å². The lowest BCUT2D eigenvalue weighted by atomic mass is 9.85. The molecular formula is C14H19F2NO. The number of halogens is 2. The molecule has 1 aliphatic heterocycles. The van der Waals surface area contributed by atoms with Crippen LogP contribution < -0.4 is 5.32 Å². The topological polar surface area (TPSA) is 32.3 Å². The van der Waals surface area contributed by atoms with Crippen LogP contribution in [0.1, 0.15) is 38.2 Å². The van der Waals surface area contributed by atoms with Gasteiger partial charge in [-0.05, 0) is 44.0 Å². The molecule has 0 radical (unpaired) electrons. The number of nitrogens with one attached hydrogen (secondary N) is 1. The van der Waals surface area contributed by atoms with Gasteiger partial charge in [0.1, 0.15) is 17.2 Å². The molecule has 2 atom stereocenters. The van der Waals surface area contributed by atoms with Gasteiger partial charge >= 0.3 is 0 Å². The maximum atomic E-state index is 13.2. The molecule has 0 aromatic heterocycles. The largest absolute Gasteiger partial charge is 0.384 e. The molecular weight excluding hydrogens is 236 g/mol. The van der Waals surface area contributed by atoms with Crippen molar-refractivity contribution < 1.29 is 13.9 Å². The Morgan fingerprint density at radius 3 is 2.50 bits per heavy atom. The predicted octanol–water partition coefficient (Wildman–Crippen LogP) is 2.70. The summed E-state index contributed by atoms with van der Waals surface area (Å²) in [6.07, 6.45) is 4.03. The Balaban J connectivity index is 2.27. The predicted molar refractivity (Wildman–Crippen MR) is 66.2 cm³/mol. The van der Waals surface area contributed by atoms with E-state index in [1.54, 1.807) is 6.92 Å². The Morgan fingerprint density at radius 2 is 1.83 bits per heavy atom. The minimum atomic E-state index is -1.26. The average molecular weight is 255 g/mol. The van der Waals surface area contributed by atoms with E-state index in [9.17, 15) is 13.9 Å². The zero-order valence-electron chi connectivity index (χ0n) is 10.5. The van der Waals surface area contributed by atoms with Crippen molar-refractivity contribution in [3.05, 3.63) is 35.4 Å².